The maximum atomic E-state index is 16.8. The zero-order valence-corrected chi connectivity index (χ0v) is 59.2. The van der Waals surface area contributed by atoms with Gasteiger partial charge in [-0.25, -0.2) is 8.78 Å². The molecule has 8 heteroatoms. The number of hydrogen-bond donors (Lipinski definition) is 0. The van der Waals surface area contributed by atoms with E-state index < -0.39 is 34.5 Å². The molecule has 0 spiro atoms. The molecule has 5 aliphatic rings. The summed E-state index contributed by atoms with van der Waals surface area (Å²) < 4.78 is 123. The standard InChI is InChI=1S/C95H82F8/c1-7-9-11-13-15-25-47-91(48-26-16-14-12-10-8-2)81-55-75-79(89(3,4)85-51-71(63-27-17-19-31-69(63)87(75)85)59-39-35-57(36-40-59)61-43-45-67-65-29-21-23-33-77(65)92(96,83(67)49-61)94(98,99)100)53-73(81)74-54-80-76(56-82(74)91)88-70-32-20-18-28-64(70)72(52-86(88)90(80,5)6)60-41-37-58(38-42-60)62-44-46-68-66-30-22-24-34-78(66)93(97,84(68)50-62)95(101,102)103/h17-24,27-46,49-56H,7-16,25-26,47-48H2,1-6H3. The smallest absolute Gasteiger partial charge is 0.223 e. The molecule has 2 unspecified atom stereocenters. The second-order valence-corrected chi connectivity index (χ2v) is 31.1. The Kier molecular flexibility index (Phi) is 15.8. The Morgan fingerprint density at radius 2 is 0.563 bits per heavy atom. The number of hydrogen-bond acceptors (Lipinski definition) is 0. The maximum absolute atomic E-state index is 16.8. The summed E-state index contributed by atoms with van der Waals surface area (Å²) in [5.41, 5.74) is 13.4. The fourth-order valence-electron chi connectivity index (χ4n) is 19.3. The van der Waals surface area contributed by atoms with Crippen LogP contribution in [-0.4, -0.2) is 12.4 Å². The number of alkyl halides is 8. The molecular formula is C95H82F8. The molecule has 0 radical (unpaired) electrons. The molecule has 12 aromatic carbocycles. The second kappa shape index (κ2) is 24.4. The molecule has 17 rings (SSSR count). The molecule has 0 aromatic heterocycles. The van der Waals surface area contributed by atoms with Crippen LogP contribution in [-0.2, 0) is 27.6 Å². The summed E-state index contributed by atoms with van der Waals surface area (Å²) in [4.78, 5) is 0. The van der Waals surface area contributed by atoms with Crippen molar-refractivity contribution in [2.24, 2.45) is 0 Å². The highest BCUT2D eigenvalue weighted by Crippen LogP contribution is 2.65. The van der Waals surface area contributed by atoms with E-state index in [0.717, 1.165) is 58.7 Å². The van der Waals surface area contributed by atoms with E-state index in [9.17, 15) is 26.3 Å². The highest BCUT2D eigenvalue weighted by atomic mass is 19.4. The molecule has 0 bridgehead atoms. The first kappa shape index (κ1) is 66.8. The minimum absolute atomic E-state index is 0.256. The van der Waals surface area contributed by atoms with Gasteiger partial charge in [-0.1, -0.05) is 288 Å². The predicted octanol–water partition coefficient (Wildman–Crippen LogP) is 28.6. The van der Waals surface area contributed by atoms with Crippen molar-refractivity contribution in [2.75, 3.05) is 0 Å². The Balaban J connectivity index is 0.773. The summed E-state index contributed by atoms with van der Waals surface area (Å²) in [6.07, 6.45) is 6.09. The van der Waals surface area contributed by atoms with Crippen LogP contribution >= 0.6 is 0 Å². The third-order valence-electron chi connectivity index (χ3n) is 24.7. The van der Waals surface area contributed by atoms with Crippen LogP contribution in [0.3, 0.4) is 0 Å². The zero-order chi connectivity index (χ0) is 71.3. The van der Waals surface area contributed by atoms with Crippen LogP contribution in [0.5, 0.6) is 0 Å². The van der Waals surface area contributed by atoms with Crippen molar-refractivity contribution in [3.05, 3.63) is 274 Å². The number of halogens is 8. The molecule has 0 saturated heterocycles. The lowest BCUT2D eigenvalue weighted by atomic mass is 9.69. The lowest BCUT2D eigenvalue weighted by Crippen LogP contribution is -2.37. The van der Waals surface area contributed by atoms with E-state index in [1.807, 2.05) is 24.3 Å². The van der Waals surface area contributed by atoms with Gasteiger partial charge in [-0.15, -0.1) is 0 Å². The molecule has 0 fully saturated rings. The van der Waals surface area contributed by atoms with Crippen molar-refractivity contribution < 1.29 is 35.1 Å². The van der Waals surface area contributed by atoms with Crippen molar-refractivity contribution in [1.29, 1.82) is 0 Å². The van der Waals surface area contributed by atoms with E-state index in [-0.39, 0.29) is 49.9 Å². The first-order valence-electron chi connectivity index (χ1n) is 37.3. The molecule has 0 N–H and O–H groups in total. The quantitative estimate of drug-likeness (QED) is 0.0593. The second-order valence-electron chi connectivity index (χ2n) is 31.1. The lowest BCUT2D eigenvalue weighted by Gasteiger charge is -2.34. The molecular weight excluding hydrogens is 1290 g/mol. The summed E-state index contributed by atoms with van der Waals surface area (Å²) in [6.45, 7) is 14.1. The van der Waals surface area contributed by atoms with Gasteiger partial charge in [-0.05, 0) is 216 Å². The normalized spacial score (nSPS) is 17.9. The third kappa shape index (κ3) is 9.93. The van der Waals surface area contributed by atoms with Crippen molar-refractivity contribution in [1.82, 2.24) is 0 Å². The van der Waals surface area contributed by atoms with Gasteiger partial charge >= 0.3 is 12.4 Å². The Bertz CT molecular complexity index is 5090. The van der Waals surface area contributed by atoms with Gasteiger partial charge in [-0.2, -0.15) is 26.3 Å². The molecule has 0 amide bonds. The molecule has 0 saturated carbocycles. The maximum Gasteiger partial charge on any atom is 0.431 e. The Labute approximate surface area is 598 Å². The van der Waals surface area contributed by atoms with E-state index in [2.05, 4.69) is 151 Å². The highest BCUT2D eigenvalue weighted by Gasteiger charge is 2.64. The monoisotopic (exact) mass is 1370 g/mol. The largest absolute Gasteiger partial charge is 0.431 e. The fourth-order valence-corrected chi connectivity index (χ4v) is 19.3. The summed E-state index contributed by atoms with van der Waals surface area (Å²) in [5.74, 6) is 0. The van der Waals surface area contributed by atoms with E-state index in [1.165, 1.54) is 178 Å². The molecule has 5 aliphatic carbocycles. The van der Waals surface area contributed by atoms with Gasteiger partial charge < -0.3 is 0 Å². The first-order chi connectivity index (χ1) is 49.5. The molecule has 103 heavy (non-hydrogen) atoms. The summed E-state index contributed by atoms with van der Waals surface area (Å²) >= 11 is 0. The summed E-state index contributed by atoms with van der Waals surface area (Å²) in [5, 5.41) is 4.58. The van der Waals surface area contributed by atoms with Crippen LogP contribution in [0.2, 0.25) is 0 Å². The van der Waals surface area contributed by atoms with Crippen molar-refractivity contribution in [3.8, 4) is 100 Å². The van der Waals surface area contributed by atoms with E-state index in [0.29, 0.717) is 22.3 Å². The predicted molar refractivity (Wildman–Crippen MR) is 407 cm³/mol. The van der Waals surface area contributed by atoms with E-state index in [1.54, 1.807) is 48.5 Å². The molecule has 518 valence electrons. The summed E-state index contributed by atoms with van der Waals surface area (Å²) in [6, 6.07) is 70.2. The average molecular weight is 1380 g/mol. The highest BCUT2D eigenvalue weighted by molar-refractivity contribution is 6.12. The number of rotatable bonds is 18. The van der Waals surface area contributed by atoms with Crippen molar-refractivity contribution in [3.63, 3.8) is 0 Å². The van der Waals surface area contributed by atoms with Crippen molar-refractivity contribution >= 4 is 21.5 Å². The number of fused-ring (bicyclic) bond motifs is 19. The van der Waals surface area contributed by atoms with Gasteiger partial charge in [-0.3, -0.25) is 0 Å². The SMILES string of the molecule is CCCCCCCCC1(CCCCCCCC)c2cc3c(cc2-c2cc4c(cc21)-c1c(cc(-c2ccc(-c5ccc6c(c5)C(F)(C(F)(F)F)c5ccccc5-6)cc2)c2ccccc12)C4(C)C)C(C)(C)c1cc(-c2ccc(-c4ccc5c(c4)C(F)(C(F)(F)F)c4ccccc4-5)cc2)c2ccccc2c1-3. The van der Waals surface area contributed by atoms with Crippen LogP contribution in [0, 0.1) is 0 Å². The average Bonchev–Trinajstić information content (AvgIpc) is 1.52. The van der Waals surface area contributed by atoms with Gasteiger partial charge in [0.1, 0.15) is 0 Å². The molecule has 0 aliphatic heterocycles. The lowest BCUT2D eigenvalue weighted by molar-refractivity contribution is -0.218. The van der Waals surface area contributed by atoms with E-state index in [4.69, 9.17) is 0 Å². The number of unbranched alkanes of at least 4 members (excludes halogenated alkanes) is 10. The molecule has 0 heterocycles. The van der Waals surface area contributed by atoms with Gasteiger partial charge in [0.25, 0.3) is 11.3 Å². The minimum atomic E-state index is -5.15. The fraction of sp³-hybridized carbons (Fsp3) is 0.284. The van der Waals surface area contributed by atoms with Crippen LogP contribution in [0.1, 0.15) is 187 Å². The van der Waals surface area contributed by atoms with Gasteiger partial charge in [0.15, 0.2) is 0 Å². The minimum Gasteiger partial charge on any atom is -0.223 e. The van der Waals surface area contributed by atoms with Crippen LogP contribution < -0.4 is 0 Å². The summed E-state index contributed by atoms with van der Waals surface area (Å²) in [7, 11) is 0. The van der Waals surface area contributed by atoms with Crippen LogP contribution in [0.25, 0.3) is 122 Å². The molecule has 12 aromatic rings. The molecule has 0 nitrogen and oxygen atoms in total. The van der Waals surface area contributed by atoms with Gasteiger partial charge in [0, 0.05) is 38.5 Å². The Hall–Kier alpha value is -9.40. The molecule has 2 atom stereocenters. The third-order valence-corrected chi connectivity index (χ3v) is 24.7. The Morgan fingerprint density at radius 1 is 0.252 bits per heavy atom. The van der Waals surface area contributed by atoms with Crippen LogP contribution in [0.15, 0.2) is 218 Å². The number of benzene rings is 12. The van der Waals surface area contributed by atoms with E-state index >= 15 is 8.78 Å². The van der Waals surface area contributed by atoms with Gasteiger partial charge in [0.2, 0.25) is 0 Å². The van der Waals surface area contributed by atoms with Crippen LogP contribution in [0.4, 0.5) is 35.1 Å². The Morgan fingerprint density at radius 3 is 0.951 bits per heavy atom. The van der Waals surface area contributed by atoms with Crippen molar-refractivity contribution in [2.45, 2.75) is 171 Å². The van der Waals surface area contributed by atoms with Gasteiger partial charge in [0.05, 0.1) is 0 Å². The topological polar surface area (TPSA) is 0 Å². The first-order valence-corrected chi connectivity index (χ1v) is 37.3. The zero-order valence-electron chi connectivity index (χ0n) is 59.2.